The first kappa shape index (κ1) is 13.1. The first-order valence-electron chi connectivity index (χ1n) is 4.42. The minimum atomic E-state index is -3.35. The van der Waals surface area contributed by atoms with Crippen LogP contribution in [0.5, 0.6) is 0 Å². The van der Waals surface area contributed by atoms with E-state index in [1.807, 2.05) is 6.92 Å². The fourth-order valence-electron chi connectivity index (χ4n) is 0.934. The highest BCUT2D eigenvalue weighted by molar-refractivity contribution is 9.11. The molecule has 4 nitrogen and oxygen atoms in total. The molecule has 0 aromatic carbocycles. The standard InChI is InChI=1S/C8H13BrN2O2S2/c1-6(10)4-5-11-15(12,13)8-3-2-7(9)14-8/h2-3,6,11H,4-5,10H2,1H3. The van der Waals surface area contributed by atoms with Crippen LogP contribution in [-0.2, 0) is 10.0 Å². The van der Waals surface area contributed by atoms with Gasteiger partial charge in [-0.2, -0.15) is 0 Å². The molecule has 0 amide bonds. The summed E-state index contributed by atoms with van der Waals surface area (Å²) in [4.78, 5) is 0. The van der Waals surface area contributed by atoms with E-state index in [-0.39, 0.29) is 6.04 Å². The number of halogens is 1. The van der Waals surface area contributed by atoms with Crippen LogP contribution in [0.2, 0.25) is 0 Å². The summed E-state index contributed by atoms with van der Waals surface area (Å²) in [7, 11) is -3.35. The molecule has 0 saturated carbocycles. The molecule has 0 spiro atoms. The van der Waals surface area contributed by atoms with Crippen LogP contribution < -0.4 is 10.5 Å². The second-order valence-corrected chi connectivity index (χ2v) is 7.68. The number of nitrogens with one attached hydrogen (secondary N) is 1. The Labute approximate surface area is 102 Å². The molecule has 3 N–H and O–H groups in total. The summed E-state index contributed by atoms with van der Waals surface area (Å²) in [5, 5.41) is 0. The third-order valence-electron chi connectivity index (χ3n) is 1.71. The van der Waals surface area contributed by atoms with E-state index in [9.17, 15) is 8.42 Å². The maximum Gasteiger partial charge on any atom is 0.250 e. The Balaban J connectivity index is 2.60. The molecular weight excluding hydrogens is 300 g/mol. The number of thiophene rings is 1. The highest BCUT2D eigenvalue weighted by atomic mass is 79.9. The number of rotatable bonds is 5. The van der Waals surface area contributed by atoms with Crippen LogP contribution in [0.15, 0.2) is 20.1 Å². The molecule has 7 heteroatoms. The Bertz CT molecular complexity index is 414. The van der Waals surface area contributed by atoms with E-state index in [0.717, 1.165) is 3.79 Å². The monoisotopic (exact) mass is 312 g/mol. The van der Waals surface area contributed by atoms with Gasteiger partial charge in [0, 0.05) is 12.6 Å². The van der Waals surface area contributed by atoms with Crippen LogP contribution in [0, 0.1) is 0 Å². The first-order chi connectivity index (χ1) is 6.92. The maximum absolute atomic E-state index is 11.7. The van der Waals surface area contributed by atoms with E-state index in [2.05, 4.69) is 20.7 Å². The highest BCUT2D eigenvalue weighted by Gasteiger charge is 2.15. The molecule has 15 heavy (non-hydrogen) atoms. The van der Waals surface area contributed by atoms with E-state index in [1.165, 1.54) is 11.3 Å². The predicted molar refractivity (Wildman–Crippen MR) is 65.5 cm³/mol. The predicted octanol–water partition coefficient (Wildman–Crippen LogP) is 1.53. The van der Waals surface area contributed by atoms with E-state index in [1.54, 1.807) is 12.1 Å². The van der Waals surface area contributed by atoms with Crippen LogP contribution in [0.4, 0.5) is 0 Å². The summed E-state index contributed by atoms with van der Waals surface area (Å²) in [6.07, 6.45) is 0.631. The second kappa shape index (κ2) is 5.40. The van der Waals surface area contributed by atoms with Crippen LogP contribution in [-0.4, -0.2) is 21.0 Å². The van der Waals surface area contributed by atoms with Gasteiger partial charge in [-0.1, -0.05) is 0 Å². The lowest BCUT2D eigenvalue weighted by atomic mass is 10.3. The molecule has 0 fully saturated rings. The Morgan fingerprint density at radius 3 is 2.73 bits per heavy atom. The minimum absolute atomic E-state index is 0.00257. The van der Waals surface area contributed by atoms with E-state index >= 15 is 0 Å². The first-order valence-corrected chi connectivity index (χ1v) is 7.51. The number of hydrogen-bond acceptors (Lipinski definition) is 4. The fourth-order valence-corrected chi connectivity index (χ4v) is 4.04. The molecular formula is C8H13BrN2O2S2. The third-order valence-corrected chi connectivity index (χ3v) is 5.28. The van der Waals surface area contributed by atoms with Gasteiger partial charge in [0.25, 0.3) is 0 Å². The largest absolute Gasteiger partial charge is 0.328 e. The van der Waals surface area contributed by atoms with Crippen LogP contribution >= 0.6 is 27.3 Å². The zero-order valence-electron chi connectivity index (χ0n) is 8.23. The summed E-state index contributed by atoms with van der Waals surface area (Å²) >= 11 is 4.41. The second-order valence-electron chi connectivity index (χ2n) is 3.22. The van der Waals surface area contributed by atoms with Gasteiger partial charge in [-0.25, -0.2) is 13.1 Å². The molecule has 1 aromatic heterocycles. The van der Waals surface area contributed by atoms with E-state index in [4.69, 9.17) is 5.73 Å². The summed E-state index contributed by atoms with van der Waals surface area (Å²) in [6.45, 7) is 2.21. The number of sulfonamides is 1. The Hall–Kier alpha value is 0.0500. The zero-order valence-corrected chi connectivity index (χ0v) is 11.5. The van der Waals surface area contributed by atoms with Crippen LogP contribution in [0.1, 0.15) is 13.3 Å². The smallest absolute Gasteiger partial charge is 0.250 e. The van der Waals surface area contributed by atoms with Gasteiger partial charge in [0.15, 0.2) is 0 Å². The normalized spacial score (nSPS) is 14.1. The van der Waals surface area contributed by atoms with Gasteiger partial charge >= 0.3 is 0 Å². The lowest BCUT2D eigenvalue weighted by Crippen LogP contribution is -2.28. The molecule has 1 atom stereocenters. The third kappa shape index (κ3) is 4.20. The van der Waals surface area contributed by atoms with Crippen molar-refractivity contribution in [2.24, 2.45) is 5.73 Å². The maximum atomic E-state index is 11.7. The molecule has 86 valence electrons. The summed E-state index contributed by atoms with van der Waals surface area (Å²) in [6, 6.07) is 3.29. The minimum Gasteiger partial charge on any atom is -0.328 e. The van der Waals surface area contributed by atoms with E-state index in [0.29, 0.717) is 17.2 Å². The Morgan fingerprint density at radius 1 is 1.60 bits per heavy atom. The van der Waals surface area contributed by atoms with Crippen molar-refractivity contribution < 1.29 is 8.42 Å². The van der Waals surface area contributed by atoms with Crippen LogP contribution in [0.3, 0.4) is 0 Å². The van der Waals surface area contributed by atoms with Crippen molar-refractivity contribution in [2.75, 3.05) is 6.54 Å². The molecule has 0 aliphatic heterocycles. The average molecular weight is 313 g/mol. The quantitative estimate of drug-likeness (QED) is 0.866. The van der Waals surface area contributed by atoms with Crippen molar-refractivity contribution in [1.82, 2.24) is 4.72 Å². The zero-order chi connectivity index (χ0) is 11.5. The van der Waals surface area contributed by atoms with Gasteiger partial charge in [-0.3, -0.25) is 0 Å². The Morgan fingerprint density at radius 2 is 2.27 bits per heavy atom. The molecule has 1 aromatic rings. The number of nitrogens with two attached hydrogens (primary N) is 1. The molecule has 1 rings (SSSR count). The lowest BCUT2D eigenvalue weighted by molar-refractivity contribution is 0.574. The summed E-state index contributed by atoms with van der Waals surface area (Å²) in [5.74, 6) is 0. The summed E-state index contributed by atoms with van der Waals surface area (Å²) < 4.78 is 27.0. The molecule has 0 saturated heterocycles. The SMILES string of the molecule is CC(N)CCNS(=O)(=O)c1ccc(Br)s1. The molecule has 1 unspecified atom stereocenters. The van der Waals surface area contributed by atoms with Gasteiger partial charge < -0.3 is 5.73 Å². The van der Waals surface area contributed by atoms with Crippen molar-refractivity contribution in [2.45, 2.75) is 23.6 Å². The molecule has 0 bridgehead atoms. The van der Waals surface area contributed by atoms with Crippen molar-refractivity contribution in [3.8, 4) is 0 Å². The fraction of sp³-hybridized carbons (Fsp3) is 0.500. The van der Waals surface area contributed by atoms with Crippen molar-refractivity contribution in [3.05, 3.63) is 15.9 Å². The molecule has 1 heterocycles. The van der Waals surface area contributed by atoms with Gasteiger partial charge in [0.05, 0.1) is 3.79 Å². The van der Waals surface area contributed by atoms with Gasteiger partial charge in [-0.15, -0.1) is 11.3 Å². The number of hydrogen-bond donors (Lipinski definition) is 2. The van der Waals surface area contributed by atoms with Gasteiger partial charge in [-0.05, 0) is 41.4 Å². The molecule has 0 radical (unpaired) electrons. The average Bonchev–Trinajstić information content (AvgIpc) is 2.51. The van der Waals surface area contributed by atoms with Crippen molar-refractivity contribution >= 4 is 37.3 Å². The van der Waals surface area contributed by atoms with Crippen molar-refractivity contribution in [1.29, 1.82) is 0 Å². The Kier molecular flexibility index (Phi) is 4.72. The van der Waals surface area contributed by atoms with Crippen molar-refractivity contribution in [3.63, 3.8) is 0 Å². The molecule has 0 aliphatic carbocycles. The van der Waals surface area contributed by atoms with Crippen LogP contribution in [0.25, 0.3) is 0 Å². The van der Waals surface area contributed by atoms with E-state index < -0.39 is 10.0 Å². The lowest BCUT2D eigenvalue weighted by Gasteiger charge is -2.06. The topological polar surface area (TPSA) is 72.2 Å². The highest BCUT2D eigenvalue weighted by Crippen LogP contribution is 2.25. The summed E-state index contributed by atoms with van der Waals surface area (Å²) in [5.41, 5.74) is 5.52. The van der Waals surface area contributed by atoms with Gasteiger partial charge in [0.2, 0.25) is 10.0 Å². The molecule has 0 aliphatic rings. The van der Waals surface area contributed by atoms with Gasteiger partial charge in [0.1, 0.15) is 4.21 Å².